The molecule has 0 aliphatic carbocycles. The number of hydrogen-bond acceptors (Lipinski definition) is 2. The van der Waals surface area contributed by atoms with Gasteiger partial charge in [0.25, 0.3) is 12.2 Å². The third-order valence-corrected chi connectivity index (χ3v) is 3.82. The lowest BCUT2D eigenvalue weighted by Crippen LogP contribution is -2.35. The van der Waals surface area contributed by atoms with Crippen LogP contribution in [-0.2, 0) is 4.79 Å². The Morgan fingerprint density at radius 2 is 1.95 bits per heavy atom. The summed E-state index contributed by atoms with van der Waals surface area (Å²) >= 11 is 6.09. The number of benzodiazepines with no additional fused rings is 1. The summed E-state index contributed by atoms with van der Waals surface area (Å²) in [5.74, 6) is -0.656. The van der Waals surface area contributed by atoms with Gasteiger partial charge < -0.3 is 4.90 Å². The average Bonchev–Trinajstić information content (AvgIpc) is 2.64. The monoisotopic (exact) mass is 316 g/mol. The highest BCUT2D eigenvalue weighted by molar-refractivity contribution is 6.32. The van der Waals surface area contributed by atoms with Crippen LogP contribution in [0.25, 0.3) is 0 Å². The van der Waals surface area contributed by atoms with E-state index < -0.39 is 12.2 Å². The van der Waals surface area contributed by atoms with Crippen molar-refractivity contribution < 1.29 is 9.18 Å². The fourth-order valence-electron chi connectivity index (χ4n) is 2.57. The lowest BCUT2D eigenvalue weighted by Gasteiger charge is -2.21. The molecule has 3 rings (SSSR count). The van der Waals surface area contributed by atoms with E-state index in [1.807, 2.05) is 30.3 Å². The van der Waals surface area contributed by atoms with Crippen molar-refractivity contribution in [1.29, 1.82) is 0 Å². The minimum absolute atomic E-state index is 0.367. The van der Waals surface area contributed by atoms with Crippen molar-refractivity contribution in [3.05, 3.63) is 64.7 Å². The Hall–Kier alpha value is -2.20. The first-order valence-corrected chi connectivity index (χ1v) is 7.38. The van der Waals surface area contributed by atoms with E-state index in [2.05, 4.69) is 4.99 Å². The molecule has 0 radical (unpaired) electrons. The second-order valence-corrected chi connectivity index (χ2v) is 5.36. The van der Waals surface area contributed by atoms with Crippen LogP contribution >= 0.6 is 11.6 Å². The van der Waals surface area contributed by atoms with Gasteiger partial charge in [0.05, 0.1) is 11.4 Å². The second-order valence-electron chi connectivity index (χ2n) is 4.92. The van der Waals surface area contributed by atoms with Crippen molar-refractivity contribution in [1.82, 2.24) is 0 Å². The molecule has 1 atom stereocenters. The van der Waals surface area contributed by atoms with Crippen LogP contribution in [0.2, 0.25) is 5.02 Å². The maximum Gasteiger partial charge on any atom is 0.284 e. The molecular weight excluding hydrogens is 303 g/mol. The number of fused-ring (bicyclic) bond motifs is 1. The molecule has 2 aromatic carbocycles. The summed E-state index contributed by atoms with van der Waals surface area (Å²) in [7, 11) is 0. The molecule has 0 saturated heterocycles. The minimum Gasteiger partial charge on any atom is -0.308 e. The van der Waals surface area contributed by atoms with E-state index in [4.69, 9.17) is 11.6 Å². The zero-order valence-corrected chi connectivity index (χ0v) is 12.7. The van der Waals surface area contributed by atoms with E-state index in [-0.39, 0.29) is 0 Å². The standard InChI is InChI=1S/C17H14ClFN2O/c1-2-21-14-9-8-12(18)10-13(14)15(20-16(19)17(21)22)11-6-4-3-5-7-11/h3-10,16H,2H2,1H3. The minimum atomic E-state index is -1.92. The summed E-state index contributed by atoms with van der Waals surface area (Å²) in [6.07, 6.45) is -1.92. The lowest BCUT2D eigenvalue weighted by molar-refractivity contribution is -0.122. The third-order valence-electron chi connectivity index (χ3n) is 3.58. The first-order valence-electron chi connectivity index (χ1n) is 7.00. The Balaban J connectivity index is 2.27. The highest BCUT2D eigenvalue weighted by atomic mass is 35.5. The van der Waals surface area contributed by atoms with Crippen molar-refractivity contribution in [3.63, 3.8) is 0 Å². The number of likely N-dealkylation sites (N-methyl/N-ethyl adjacent to an activating group) is 1. The molecule has 0 bridgehead atoms. The number of benzene rings is 2. The van der Waals surface area contributed by atoms with Gasteiger partial charge in [0.1, 0.15) is 0 Å². The van der Waals surface area contributed by atoms with Gasteiger partial charge in [0, 0.05) is 22.7 Å². The average molecular weight is 317 g/mol. The van der Waals surface area contributed by atoms with Crippen molar-refractivity contribution in [2.24, 2.45) is 4.99 Å². The smallest absolute Gasteiger partial charge is 0.284 e. The first-order chi connectivity index (χ1) is 10.6. The molecule has 1 aliphatic heterocycles. The van der Waals surface area contributed by atoms with Crippen molar-refractivity contribution >= 4 is 28.9 Å². The van der Waals surface area contributed by atoms with Gasteiger partial charge in [0.15, 0.2) is 0 Å². The second kappa shape index (κ2) is 5.89. The topological polar surface area (TPSA) is 32.7 Å². The number of amides is 1. The van der Waals surface area contributed by atoms with Gasteiger partial charge >= 0.3 is 0 Å². The van der Waals surface area contributed by atoms with Crippen LogP contribution in [-0.4, -0.2) is 24.5 Å². The van der Waals surface area contributed by atoms with Crippen LogP contribution in [0.5, 0.6) is 0 Å². The molecule has 0 spiro atoms. The summed E-state index contributed by atoms with van der Waals surface area (Å²) in [5.41, 5.74) is 2.48. The Labute approximate surface area is 133 Å². The Kier molecular flexibility index (Phi) is 3.94. The molecule has 0 N–H and O–H groups in total. The van der Waals surface area contributed by atoms with Gasteiger partial charge in [-0.25, -0.2) is 9.38 Å². The molecule has 3 nitrogen and oxygen atoms in total. The predicted octanol–water partition coefficient (Wildman–Crippen LogP) is 3.84. The number of carbonyl (C=O) groups excluding carboxylic acids is 1. The molecular formula is C17H14ClFN2O. The molecule has 0 saturated carbocycles. The highest BCUT2D eigenvalue weighted by Crippen LogP contribution is 2.31. The molecule has 22 heavy (non-hydrogen) atoms. The van der Waals surface area contributed by atoms with E-state index in [1.165, 1.54) is 4.90 Å². The molecule has 5 heteroatoms. The molecule has 112 valence electrons. The van der Waals surface area contributed by atoms with Gasteiger partial charge in [-0.3, -0.25) is 4.79 Å². The van der Waals surface area contributed by atoms with Crippen molar-refractivity contribution in [3.8, 4) is 0 Å². The number of alkyl halides is 1. The third kappa shape index (κ3) is 2.50. The number of aliphatic imine (C=N–C) groups is 1. The fourth-order valence-corrected chi connectivity index (χ4v) is 2.74. The Morgan fingerprint density at radius 3 is 2.64 bits per heavy atom. The summed E-state index contributed by atoms with van der Waals surface area (Å²) in [6, 6.07) is 14.4. The van der Waals surface area contributed by atoms with Crippen LogP contribution in [0.3, 0.4) is 0 Å². The number of nitrogens with zero attached hydrogens (tertiary/aromatic N) is 2. The Bertz CT molecular complexity index is 746. The number of hydrogen-bond donors (Lipinski definition) is 0. The zero-order chi connectivity index (χ0) is 15.7. The van der Waals surface area contributed by atoms with Gasteiger partial charge in [-0.15, -0.1) is 0 Å². The maximum atomic E-state index is 14.3. The van der Waals surface area contributed by atoms with Crippen LogP contribution in [0.1, 0.15) is 18.1 Å². The van der Waals surface area contributed by atoms with Gasteiger partial charge in [-0.2, -0.15) is 0 Å². The molecule has 1 amide bonds. The van der Waals surface area contributed by atoms with Crippen LogP contribution in [0.15, 0.2) is 53.5 Å². The maximum absolute atomic E-state index is 14.3. The summed E-state index contributed by atoms with van der Waals surface area (Å²) in [4.78, 5) is 17.6. The van der Waals surface area contributed by atoms with E-state index in [0.29, 0.717) is 28.5 Å². The molecule has 0 fully saturated rings. The van der Waals surface area contributed by atoms with Gasteiger partial charge in [0.2, 0.25) is 0 Å². The molecule has 1 aliphatic rings. The van der Waals surface area contributed by atoms with Gasteiger partial charge in [-0.1, -0.05) is 41.9 Å². The van der Waals surface area contributed by atoms with Gasteiger partial charge in [-0.05, 0) is 25.1 Å². The first kappa shape index (κ1) is 14.7. The predicted molar refractivity (Wildman–Crippen MR) is 86.5 cm³/mol. The van der Waals surface area contributed by atoms with Crippen LogP contribution in [0, 0.1) is 0 Å². The van der Waals surface area contributed by atoms with E-state index >= 15 is 0 Å². The fraction of sp³-hybridized carbons (Fsp3) is 0.176. The number of anilines is 1. The summed E-state index contributed by atoms with van der Waals surface area (Å²) in [5, 5.41) is 0.517. The quantitative estimate of drug-likeness (QED) is 0.775. The SMILES string of the molecule is CCN1C(=O)C(F)N=C(c2ccccc2)c2cc(Cl)ccc21. The zero-order valence-electron chi connectivity index (χ0n) is 12.0. The highest BCUT2D eigenvalue weighted by Gasteiger charge is 2.31. The molecule has 1 unspecified atom stereocenters. The lowest BCUT2D eigenvalue weighted by atomic mass is 10.0. The largest absolute Gasteiger partial charge is 0.308 e. The molecule has 0 aromatic heterocycles. The number of halogens is 2. The molecule has 2 aromatic rings. The van der Waals surface area contributed by atoms with E-state index in [1.54, 1.807) is 25.1 Å². The summed E-state index contributed by atoms with van der Waals surface area (Å²) < 4.78 is 14.3. The van der Waals surface area contributed by atoms with Crippen LogP contribution in [0.4, 0.5) is 10.1 Å². The van der Waals surface area contributed by atoms with Crippen molar-refractivity contribution in [2.75, 3.05) is 11.4 Å². The number of carbonyl (C=O) groups is 1. The number of rotatable bonds is 2. The molecule has 1 heterocycles. The van der Waals surface area contributed by atoms with Crippen molar-refractivity contribution in [2.45, 2.75) is 13.2 Å². The van der Waals surface area contributed by atoms with E-state index in [9.17, 15) is 9.18 Å². The Morgan fingerprint density at radius 1 is 1.23 bits per heavy atom. The van der Waals surface area contributed by atoms with E-state index in [0.717, 1.165) is 5.56 Å². The summed E-state index contributed by atoms with van der Waals surface area (Å²) in [6.45, 7) is 2.17. The van der Waals surface area contributed by atoms with Crippen LogP contribution < -0.4 is 4.90 Å². The normalized spacial score (nSPS) is 17.8.